The zero-order valence-electron chi connectivity index (χ0n) is 11.7. The molecule has 18 heavy (non-hydrogen) atoms. The number of amides is 1. The van der Waals surface area contributed by atoms with Crippen molar-refractivity contribution in [2.45, 2.75) is 39.7 Å². The molecule has 0 radical (unpaired) electrons. The molecule has 1 N–H and O–H groups in total. The molecule has 0 aromatic heterocycles. The maximum atomic E-state index is 11.3. The predicted octanol–water partition coefficient (Wildman–Crippen LogP) is 2.39. The van der Waals surface area contributed by atoms with Crippen LogP contribution in [0.1, 0.15) is 30.0 Å². The average molecular weight is 249 g/mol. The van der Waals surface area contributed by atoms with Crippen LogP contribution < -0.4 is 5.32 Å². The van der Waals surface area contributed by atoms with E-state index in [4.69, 9.17) is 4.74 Å². The van der Waals surface area contributed by atoms with Gasteiger partial charge in [0, 0.05) is 13.2 Å². The van der Waals surface area contributed by atoms with E-state index in [1.165, 1.54) is 23.8 Å². The van der Waals surface area contributed by atoms with E-state index >= 15 is 0 Å². The largest absolute Gasteiger partial charge is 0.375 e. The van der Waals surface area contributed by atoms with Gasteiger partial charge in [-0.1, -0.05) is 29.3 Å². The SMILES string of the molecule is COCC(=O)NC(C)CCc1cc(C)cc(C)c1. The van der Waals surface area contributed by atoms with Crippen LogP contribution in [0, 0.1) is 13.8 Å². The third kappa shape index (κ3) is 5.32. The van der Waals surface area contributed by atoms with E-state index in [0.29, 0.717) is 0 Å². The molecule has 1 aromatic carbocycles. The van der Waals surface area contributed by atoms with Gasteiger partial charge in [0.1, 0.15) is 6.61 Å². The van der Waals surface area contributed by atoms with Gasteiger partial charge in [-0.3, -0.25) is 4.79 Å². The fourth-order valence-electron chi connectivity index (χ4n) is 2.12. The molecule has 0 bridgehead atoms. The lowest BCUT2D eigenvalue weighted by atomic mass is 10.0. The Bertz CT molecular complexity index is 381. The highest BCUT2D eigenvalue weighted by Gasteiger charge is 2.07. The Balaban J connectivity index is 2.42. The van der Waals surface area contributed by atoms with Crippen LogP contribution in [0.3, 0.4) is 0 Å². The number of ether oxygens (including phenoxy) is 1. The molecule has 0 saturated carbocycles. The van der Waals surface area contributed by atoms with Crippen molar-refractivity contribution in [1.29, 1.82) is 0 Å². The third-order valence-electron chi connectivity index (χ3n) is 2.83. The molecule has 100 valence electrons. The standard InChI is InChI=1S/C15H23NO2/c1-11-7-12(2)9-14(8-11)6-5-13(3)16-15(17)10-18-4/h7-9,13H,5-6,10H2,1-4H3,(H,16,17). The Labute approximate surface area is 110 Å². The van der Waals surface area contributed by atoms with E-state index < -0.39 is 0 Å². The number of hydrogen-bond acceptors (Lipinski definition) is 2. The first-order valence-electron chi connectivity index (χ1n) is 6.36. The molecule has 0 aliphatic rings. The summed E-state index contributed by atoms with van der Waals surface area (Å²) in [6.07, 6.45) is 1.93. The van der Waals surface area contributed by atoms with Gasteiger partial charge in [-0.05, 0) is 39.2 Å². The van der Waals surface area contributed by atoms with Crippen molar-refractivity contribution in [2.24, 2.45) is 0 Å². The van der Waals surface area contributed by atoms with Crippen LogP contribution in [-0.2, 0) is 16.0 Å². The number of nitrogens with one attached hydrogen (secondary N) is 1. The first-order chi connectivity index (χ1) is 8.51. The molecule has 0 spiro atoms. The molecule has 0 fully saturated rings. The lowest BCUT2D eigenvalue weighted by Gasteiger charge is -2.14. The molecule has 0 saturated heterocycles. The van der Waals surface area contributed by atoms with Gasteiger partial charge in [-0.25, -0.2) is 0 Å². The van der Waals surface area contributed by atoms with E-state index in [-0.39, 0.29) is 18.6 Å². The molecule has 1 atom stereocenters. The summed E-state index contributed by atoms with van der Waals surface area (Å²) in [6, 6.07) is 6.76. The zero-order chi connectivity index (χ0) is 13.5. The summed E-state index contributed by atoms with van der Waals surface area (Å²) in [5.41, 5.74) is 3.92. The van der Waals surface area contributed by atoms with Crippen molar-refractivity contribution >= 4 is 5.91 Å². The molecule has 0 heterocycles. The molecule has 1 amide bonds. The van der Waals surface area contributed by atoms with Crippen LogP contribution in [0.15, 0.2) is 18.2 Å². The smallest absolute Gasteiger partial charge is 0.246 e. The molecular formula is C15H23NO2. The Kier molecular flexibility index (Phi) is 5.86. The van der Waals surface area contributed by atoms with Gasteiger partial charge in [0.15, 0.2) is 0 Å². The number of carbonyl (C=O) groups excluding carboxylic acids is 1. The van der Waals surface area contributed by atoms with Crippen molar-refractivity contribution in [3.63, 3.8) is 0 Å². The highest BCUT2D eigenvalue weighted by Crippen LogP contribution is 2.11. The minimum atomic E-state index is -0.0505. The molecular weight excluding hydrogens is 226 g/mol. The summed E-state index contributed by atoms with van der Waals surface area (Å²) in [4.78, 5) is 11.3. The second kappa shape index (κ2) is 7.17. The first-order valence-corrected chi connectivity index (χ1v) is 6.36. The van der Waals surface area contributed by atoms with E-state index in [0.717, 1.165) is 12.8 Å². The summed E-state index contributed by atoms with van der Waals surface area (Å²) >= 11 is 0. The van der Waals surface area contributed by atoms with Gasteiger partial charge < -0.3 is 10.1 Å². The first kappa shape index (κ1) is 14.7. The van der Waals surface area contributed by atoms with E-state index in [1.54, 1.807) is 0 Å². The number of methoxy groups -OCH3 is 1. The van der Waals surface area contributed by atoms with Crippen molar-refractivity contribution in [3.05, 3.63) is 34.9 Å². The summed E-state index contributed by atoms with van der Waals surface area (Å²) < 4.78 is 4.79. The maximum Gasteiger partial charge on any atom is 0.246 e. The molecule has 0 aliphatic heterocycles. The number of aryl methyl sites for hydroxylation is 3. The van der Waals surface area contributed by atoms with Gasteiger partial charge in [-0.15, -0.1) is 0 Å². The van der Waals surface area contributed by atoms with Crippen LogP contribution in [0.25, 0.3) is 0 Å². The number of rotatable bonds is 6. The van der Waals surface area contributed by atoms with Gasteiger partial charge in [0.05, 0.1) is 0 Å². The van der Waals surface area contributed by atoms with Crippen LogP contribution in [-0.4, -0.2) is 25.7 Å². The average Bonchev–Trinajstić information content (AvgIpc) is 2.25. The molecule has 1 rings (SSSR count). The fourth-order valence-corrected chi connectivity index (χ4v) is 2.12. The van der Waals surface area contributed by atoms with Gasteiger partial charge >= 0.3 is 0 Å². The molecule has 1 unspecified atom stereocenters. The van der Waals surface area contributed by atoms with Gasteiger partial charge in [-0.2, -0.15) is 0 Å². The van der Waals surface area contributed by atoms with Crippen LogP contribution in [0.4, 0.5) is 0 Å². The lowest BCUT2D eigenvalue weighted by Crippen LogP contribution is -2.35. The summed E-state index contributed by atoms with van der Waals surface area (Å²) in [7, 11) is 1.53. The fraction of sp³-hybridized carbons (Fsp3) is 0.533. The molecule has 3 nitrogen and oxygen atoms in total. The number of benzene rings is 1. The van der Waals surface area contributed by atoms with Crippen molar-refractivity contribution < 1.29 is 9.53 Å². The van der Waals surface area contributed by atoms with E-state index in [1.807, 2.05) is 6.92 Å². The van der Waals surface area contributed by atoms with Crippen molar-refractivity contribution in [1.82, 2.24) is 5.32 Å². The summed E-state index contributed by atoms with van der Waals surface area (Å²) in [5, 5.41) is 2.92. The highest BCUT2D eigenvalue weighted by atomic mass is 16.5. The minimum Gasteiger partial charge on any atom is -0.375 e. The van der Waals surface area contributed by atoms with E-state index in [9.17, 15) is 4.79 Å². The monoisotopic (exact) mass is 249 g/mol. The van der Waals surface area contributed by atoms with Crippen LogP contribution >= 0.6 is 0 Å². The molecule has 0 aliphatic carbocycles. The third-order valence-corrected chi connectivity index (χ3v) is 2.83. The lowest BCUT2D eigenvalue weighted by molar-refractivity contribution is -0.125. The van der Waals surface area contributed by atoms with Gasteiger partial charge in [0.25, 0.3) is 0 Å². The highest BCUT2D eigenvalue weighted by molar-refractivity contribution is 5.77. The second-order valence-electron chi connectivity index (χ2n) is 4.94. The van der Waals surface area contributed by atoms with Crippen molar-refractivity contribution in [3.8, 4) is 0 Å². The molecule has 1 aromatic rings. The summed E-state index contributed by atoms with van der Waals surface area (Å²) in [6.45, 7) is 6.38. The van der Waals surface area contributed by atoms with Crippen LogP contribution in [0.5, 0.6) is 0 Å². The maximum absolute atomic E-state index is 11.3. The zero-order valence-corrected chi connectivity index (χ0v) is 11.7. The molecule has 3 heteroatoms. The second-order valence-corrected chi connectivity index (χ2v) is 4.94. The van der Waals surface area contributed by atoms with E-state index in [2.05, 4.69) is 37.4 Å². The minimum absolute atomic E-state index is 0.0505. The number of hydrogen-bond donors (Lipinski definition) is 1. The Hall–Kier alpha value is -1.35. The summed E-state index contributed by atoms with van der Waals surface area (Å²) in [5.74, 6) is -0.0505. The topological polar surface area (TPSA) is 38.3 Å². The quantitative estimate of drug-likeness (QED) is 0.840. The Morgan fingerprint density at radius 3 is 2.44 bits per heavy atom. The Morgan fingerprint density at radius 1 is 1.28 bits per heavy atom. The predicted molar refractivity (Wildman–Crippen MR) is 73.7 cm³/mol. The van der Waals surface area contributed by atoms with Gasteiger partial charge in [0.2, 0.25) is 5.91 Å². The number of carbonyl (C=O) groups is 1. The normalized spacial score (nSPS) is 12.2. The van der Waals surface area contributed by atoms with Crippen LogP contribution in [0.2, 0.25) is 0 Å². The Morgan fingerprint density at radius 2 is 1.89 bits per heavy atom. The van der Waals surface area contributed by atoms with Crippen molar-refractivity contribution in [2.75, 3.05) is 13.7 Å².